The largest absolute Gasteiger partial charge is 1.00 e. The molecular weight excluding hydrogens is 1010 g/mol. The minimum absolute atomic E-state index is 0. The number of benzene rings is 8. The van der Waals surface area contributed by atoms with Crippen LogP contribution in [0.25, 0.3) is 21.5 Å². The fourth-order valence-corrected chi connectivity index (χ4v) is 15.9. The fourth-order valence-electron chi connectivity index (χ4n) is 7.41. The first-order valence-corrected chi connectivity index (χ1v) is 31.2. The van der Waals surface area contributed by atoms with E-state index in [1.165, 1.54) is 54.7 Å². The molecule has 0 fully saturated rings. The zero-order valence-corrected chi connectivity index (χ0v) is 43.5. The van der Waals surface area contributed by atoms with Gasteiger partial charge in [-0.3, -0.25) is 11.8 Å². The van der Waals surface area contributed by atoms with Crippen LogP contribution in [0.3, 0.4) is 0 Å². The summed E-state index contributed by atoms with van der Waals surface area (Å²) in [6.07, 6.45) is 17.3. The summed E-state index contributed by atoms with van der Waals surface area (Å²) >= 11 is 0. The minimum atomic E-state index is -1.32. The van der Waals surface area contributed by atoms with E-state index in [2.05, 4.69) is 221 Å². The second-order valence-electron chi connectivity index (χ2n) is 17.2. The molecule has 0 amide bonds. The summed E-state index contributed by atoms with van der Waals surface area (Å²) in [6, 6.07) is 69.7. The second kappa shape index (κ2) is 24.3. The van der Waals surface area contributed by atoms with Gasteiger partial charge in [0.05, 0.1) is 53.2 Å². The number of fused-ring (bicyclic) bond motifs is 2. The monoisotopic (exact) mass is 1060 g/mol. The second-order valence-corrected chi connectivity index (χ2v) is 32.5. The minimum Gasteiger partial charge on any atom is -0.366 e. The van der Waals surface area contributed by atoms with Gasteiger partial charge in [0.1, 0.15) is 12.3 Å². The van der Waals surface area contributed by atoms with Gasteiger partial charge in [0.15, 0.2) is 0 Å². The molecule has 8 aromatic carbocycles. The summed E-state index contributed by atoms with van der Waals surface area (Å²) in [5.74, 6) is 5.11. The van der Waals surface area contributed by atoms with Crippen molar-refractivity contribution >= 4 is 85.1 Å². The molecule has 0 nitrogen and oxygen atoms in total. The molecule has 0 aliphatic heterocycles. The molecule has 0 aromatic heterocycles. The van der Waals surface area contributed by atoms with Crippen LogP contribution in [0.1, 0.15) is 11.1 Å². The Bertz CT molecular complexity index is 2430. The molecule has 0 spiro atoms. The maximum atomic E-state index is 7.39. The van der Waals surface area contributed by atoms with Crippen molar-refractivity contribution in [2.45, 2.75) is 39.3 Å². The Morgan fingerprint density at radius 1 is 0.371 bits per heavy atom. The van der Waals surface area contributed by atoms with E-state index in [-0.39, 0.29) is 44.8 Å². The van der Waals surface area contributed by atoms with Crippen molar-refractivity contribution in [2.75, 3.05) is 12.3 Å². The van der Waals surface area contributed by atoms with Crippen LogP contribution < -0.4 is 31.6 Å². The Hall–Kier alpha value is -3.83. The molecular formula is C56H56Ag2P2Si2+2. The molecule has 0 unspecified atom stereocenters. The Kier molecular flexibility index (Phi) is 19.9. The van der Waals surface area contributed by atoms with E-state index in [1.54, 1.807) is 0 Å². The summed E-state index contributed by atoms with van der Waals surface area (Å²) in [5, 5.41) is 13.5. The normalized spacial score (nSPS) is 10.9. The molecule has 0 heterocycles. The third kappa shape index (κ3) is 13.8. The molecule has 318 valence electrons. The van der Waals surface area contributed by atoms with E-state index < -0.39 is 32.0 Å². The molecule has 8 rings (SSSR count). The molecule has 0 saturated carbocycles. The van der Waals surface area contributed by atoms with Crippen molar-refractivity contribution in [3.8, 4) is 11.8 Å². The molecule has 62 heavy (non-hydrogen) atoms. The Morgan fingerprint density at radius 2 is 0.629 bits per heavy atom. The molecule has 0 saturated heterocycles. The van der Waals surface area contributed by atoms with Crippen molar-refractivity contribution in [3.63, 3.8) is 0 Å². The van der Waals surface area contributed by atoms with Gasteiger partial charge in [0.25, 0.3) is 0 Å². The van der Waals surface area contributed by atoms with Crippen molar-refractivity contribution in [2.24, 2.45) is 0 Å². The third-order valence-corrected chi connectivity index (χ3v) is 21.0. The summed E-state index contributed by atoms with van der Waals surface area (Å²) in [4.78, 5) is 0. The molecule has 0 radical (unpaired) electrons. The van der Waals surface area contributed by atoms with Crippen molar-refractivity contribution in [1.82, 2.24) is 0 Å². The number of rotatable bonds is 9. The first-order valence-electron chi connectivity index (χ1n) is 20.8. The van der Waals surface area contributed by atoms with Gasteiger partial charge in [-0.05, 0) is 59.3 Å². The first-order chi connectivity index (χ1) is 29.0. The van der Waals surface area contributed by atoms with E-state index in [4.69, 9.17) is 12.8 Å². The Labute approximate surface area is 407 Å². The van der Waals surface area contributed by atoms with Gasteiger partial charge in [-0.15, -0.1) is 23.3 Å². The first kappa shape index (κ1) is 50.8. The summed E-state index contributed by atoms with van der Waals surface area (Å²) in [6.45, 7) is 13.9. The van der Waals surface area contributed by atoms with Crippen LogP contribution in [0.5, 0.6) is 0 Å². The van der Waals surface area contributed by atoms with Crippen LogP contribution in [0.15, 0.2) is 194 Å². The maximum absolute atomic E-state index is 7.39. The van der Waals surface area contributed by atoms with Crippen LogP contribution in [-0.2, 0) is 44.8 Å². The van der Waals surface area contributed by atoms with Crippen LogP contribution in [0, 0.1) is 24.7 Å². The predicted octanol–water partition coefficient (Wildman–Crippen LogP) is 11.4. The van der Waals surface area contributed by atoms with Gasteiger partial charge in [-0.1, -0.05) is 194 Å². The maximum Gasteiger partial charge on any atom is 1.00 e. The van der Waals surface area contributed by atoms with Crippen molar-refractivity contribution < 1.29 is 44.8 Å². The molecule has 8 aromatic rings. The Balaban J connectivity index is 0.000000215. The quantitative estimate of drug-likeness (QED) is 0.0585. The fraction of sp³-hybridized carbons (Fsp3) is 0.143. The zero-order chi connectivity index (χ0) is 42.5. The van der Waals surface area contributed by atoms with Gasteiger partial charge in [0, 0.05) is 0 Å². The zero-order valence-electron chi connectivity index (χ0n) is 36.5. The molecule has 0 bridgehead atoms. The van der Waals surface area contributed by atoms with E-state index in [1.807, 2.05) is 24.3 Å². The van der Waals surface area contributed by atoms with E-state index in [0.29, 0.717) is 0 Å². The molecule has 0 aliphatic rings. The van der Waals surface area contributed by atoms with E-state index in [9.17, 15) is 0 Å². The standard InChI is InChI=1S/C26H24P2.2C15H15Si.2Ag/c1-5-13-23(14-6-1)27(24-15-7-2-8-16-24)21-22-28(25-17-9-3-10-18-25)26-19-11-4-12-20-26;2*1-5-12-10-14(16(2,3)4)11-13-8-6-7-9-15(12)13;;/h1-20H,21-22H2;2*6-11H,2-4H3;;/q;2*-1;2*+1/p+2. The number of hydrogen-bond acceptors (Lipinski definition) is 0. The third-order valence-electron chi connectivity index (χ3n) is 10.8. The van der Waals surface area contributed by atoms with Gasteiger partial charge in [-0.2, -0.15) is 0 Å². The van der Waals surface area contributed by atoms with Crippen molar-refractivity contribution in [1.29, 1.82) is 0 Å². The van der Waals surface area contributed by atoms with Crippen LogP contribution in [0.4, 0.5) is 0 Å². The van der Waals surface area contributed by atoms with Crippen LogP contribution in [0.2, 0.25) is 39.3 Å². The van der Waals surface area contributed by atoms with Crippen LogP contribution >= 0.6 is 15.8 Å². The summed E-state index contributed by atoms with van der Waals surface area (Å²) in [5.41, 5.74) is 1.83. The number of hydrogen-bond donors (Lipinski definition) is 0. The average molecular weight is 1060 g/mol. The molecule has 0 N–H and O–H groups in total. The van der Waals surface area contributed by atoms with E-state index in [0.717, 1.165) is 21.9 Å². The van der Waals surface area contributed by atoms with Crippen LogP contribution in [-0.4, -0.2) is 28.5 Å². The smallest absolute Gasteiger partial charge is 0.366 e. The molecule has 6 heteroatoms. The van der Waals surface area contributed by atoms with E-state index >= 15 is 0 Å². The van der Waals surface area contributed by atoms with Gasteiger partial charge in [0.2, 0.25) is 0 Å². The van der Waals surface area contributed by atoms with Gasteiger partial charge >= 0.3 is 44.8 Å². The van der Waals surface area contributed by atoms with Gasteiger partial charge < -0.3 is 12.8 Å². The average Bonchev–Trinajstić information content (AvgIpc) is 3.28. The van der Waals surface area contributed by atoms with Crippen molar-refractivity contribution in [3.05, 3.63) is 218 Å². The topological polar surface area (TPSA) is 0 Å². The van der Waals surface area contributed by atoms with Gasteiger partial charge in [-0.25, -0.2) is 0 Å². The Morgan fingerprint density at radius 3 is 0.887 bits per heavy atom. The molecule has 0 aliphatic carbocycles. The summed E-state index contributed by atoms with van der Waals surface area (Å²) in [7, 11) is -4.21. The SMILES string of the molecule is [Ag+].[Ag+].[C-]#Cc1cc([Si](C)(C)C)cc2ccccc12.[C-]#Cc1cc([Si](C)(C)C)cc2ccccc12.c1ccc([PH+](CC[PH+](c2ccccc2)c2ccccc2)c2ccccc2)cc1. The predicted molar refractivity (Wildman–Crippen MR) is 277 cm³/mol. The molecule has 0 atom stereocenters. The summed E-state index contributed by atoms with van der Waals surface area (Å²) < 4.78 is 0.